The molecular weight excluding hydrogens is 236 g/mol. The van der Waals surface area contributed by atoms with Crippen molar-refractivity contribution in [2.24, 2.45) is 5.73 Å². The molecule has 0 aromatic carbocycles. The number of nitrogens with two attached hydrogens (primary N) is 1. The molecule has 0 spiro atoms. The lowest BCUT2D eigenvalue weighted by Crippen LogP contribution is -2.54. The number of rotatable bonds is 5. The Hall–Kier alpha value is -1.30. The molecule has 1 atom stereocenters. The molecule has 18 heavy (non-hydrogen) atoms. The van der Waals surface area contributed by atoms with Crippen molar-refractivity contribution in [2.45, 2.75) is 45.3 Å². The molecule has 2 N–H and O–H groups in total. The van der Waals surface area contributed by atoms with Crippen molar-refractivity contribution in [2.75, 3.05) is 19.8 Å². The van der Waals surface area contributed by atoms with E-state index in [4.69, 9.17) is 15.2 Å². The Balaban J connectivity index is 2.24. The quantitative estimate of drug-likeness (QED) is 0.742. The van der Waals surface area contributed by atoms with Crippen molar-refractivity contribution in [3.8, 4) is 0 Å². The van der Waals surface area contributed by atoms with Crippen molar-refractivity contribution in [3.05, 3.63) is 0 Å². The van der Waals surface area contributed by atoms with Crippen LogP contribution < -0.4 is 5.73 Å². The van der Waals surface area contributed by atoms with Gasteiger partial charge in [0.2, 0.25) is 5.91 Å². The van der Waals surface area contributed by atoms with E-state index in [2.05, 4.69) is 0 Å². The van der Waals surface area contributed by atoms with Crippen molar-refractivity contribution in [3.63, 3.8) is 0 Å². The van der Waals surface area contributed by atoms with Crippen LogP contribution in [0.15, 0.2) is 0 Å². The Morgan fingerprint density at radius 1 is 1.39 bits per heavy atom. The molecule has 1 heterocycles. The second-order valence-corrected chi connectivity index (χ2v) is 5.41. The highest BCUT2D eigenvalue weighted by molar-refractivity contribution is 5.73. The minimum Gasteiger partial charge on any atom is -0.444 e. The minimum absolute atomic E-state index is 0.0488. The van der Waals surface area contributed by atoms with Gasteiger partial charge in [-0.05, 0) is 27.2 Å². The number of likely N-dealkylation sites (tertiary alicyclic amines) is 1. The van der Waals surface area contributed by atoms with Crippen LogP contribution in [0.4, 0.5) is 4.79 Å². The van der Waals surface area contributed by atoms with Crippen LogP contribution in [0.1, 0.15) is 33.6 Å². The van der Waals surface area contributed by atoms with E-state index >= 15 is 0 Å². The highest BCUT2D eigenvalue weighted by atomic mass is 16.6. The molecular formula is C12H22N2O4. The number of nitrogens with zero attached hydrogens (tertiary/aromatic N) is 1. The van der Waals surface area contributed by atoms with Crippen molar-refractivity contribution in [1.82, 2.24) is 4.90 Å². The zero-order chi connectivity index (χ0) is 13.8. The van der Waals surface area contributed by atoms with E-state index in [1.165, 1.54) is 0 Å². The summed E-state index contributed by atoms with van der Waals surface area (Å²) < 4.78 is 10.6. The van der Waals surface area contributed by atoms with Gasteiger partial charge in [-0.25, -0.2) is 4.79 Å². The van der Waals surface area contributed by atoms with E-state index < -0.39 is 5.60 Å². The molecule has 0 radical (unpaired) electrons. The lowest BCUT2D eigenvalue weighted by atomic mass is 10.1. The molecule has 0 aromatic rings. The van der Waals surface area contributed by atoms with E-state index in [9.17, 15) is 9.59 Å². The van der Waals surface area contributed by atoms with Crippen LogP contribution in [0.25, 0.3) is 0 Å². The highest BCUT2D eigenvalue weighted by Gasteiger charge is 2.35. The Labute approximate surface area is 107 Å². The van der Waals surface area contributed by atoms with Crippen molar-refractivity contribution < 1.29 is 19.1 Å². The lowest BCUT2D eigenvalue weighted by Gasteiger charge is -2.41. The SMILES string of the molecule is CC(C)(C)OC(=O)N1CCC1COCCC(N)=O. The summed E-state index contributed by atoms with van der Waals surface area (Å²) >= 11 is 0. The fourth-order valence-corrected chi connectivity index (χ4v) is 1.57. The normalized spacial score (nSPS) is 19.3. The lowest BCUT2D eigenvalue weighted by molar-refractivity contribution is -0.119. The molecule has 104 valence electrons. The summed E-state index contributed by atoms with van der Waals surface area (Å²) in [7, 11) is 0. The third-order valence-corrected chi connectivity index (χ3v) is 2.58. The second kappa shape index (κ2) is 6.04. The molecule has 1 aliphatic rings. The first kappa shape index (κ1) is 14.8. The summed E-state index contributed by atoms with van der Waals surface area (Å²) in [5.74, 6) is -0.382. The summed E-state index contributed by atoms with van der Waals surface area (Å²) in [5, 5.41) is 0. The molecule has 1 saturated heterocycles. The predicted molar refractivity (Wildman–Crippen MR) is 66.0 cm³/mol. The highest BCUT2D eigenvalue weighted by Crippen LogP contribution is 2.21. The predicted octanol–water partition coefficient (Wildman–Crippen LogP) is 0.888. The van der Waals surface area contributed by atoms with Gasteiger partial charge in [0.15, 0.2) is 0 Å². The van der Waals surface area contributed by atoms with E-state index in [0.29, 0.717) is 19.8 Å². The standard InChI is InChI=1S/C12H22N2O4/c1-12(2,3)18-11(16)14-6-4-9(14)8-17-7-5-10(13)15/h9H,4-8H2,1-3H3,(H2,13,15). The summed E-state index contributed by atoms with van der Waals surface area (Å²) in [6.07, 6.45) is 0.798. The van der Waals surface area contributed by atoms with Crippen molar-refractivity contribution >= 4 is 12.0 Å². The van der Waals surface area contributed by atoms with E-state index in [-0.39, 0.29) is 24.5 Å². The van der Waals surface area contributed by atoms with E-state index in [0.717, 1.165) is 6.42 Å². The molecule has 1 fully saturated rings. The van der Waals surface area contributed by atoms with Gasteiger partial charge in [0.1, 0.15) is 5.60 Å². The molecule has 1 rings (SSSR count). The second-order valence-electron chi connectivity index (χ2n) is 5.41. The zero-order valence-corrected chi connectivity index (χ0v) is 11.3. The maximum absolute atomic E-state index is 11.8. The van der Waals surface area contributed by atoms with Crippen molar-refractivity contribution in [1.29, 1.82) is 0 Å². The fourth-order valence-electron chi connectivity index (χ4n) is 1.57. The maximum atomic E-state index is 11.8. The number of carbonyl (C=O) groups is 2. The molecule has 0 aliphatic carbocycles. The molecule has 6 nitrogen and oxygen atoms in total. The van der Waals surface area contributed by atoms with Crippen LogP contribution in [0.3, 0.4) is 0 Å². The third kappa shape index (κ3) is 4.91. The average Bonchev–Trinajstić information content (AvgIpc) is 2.11. The van der Waals surface area contributed by atoms with Crippen LogP contribution in [0.5, 0.6) is 0 Å². The first-order valence-electron chi connectivity index (χ1n) is 6.15. The topological polar surface area (TPSA) is 81.9 Å². The smallest absolute Gasteiger partial charge is 0.410 e. The summed E-state index contributed by atoms with van der Waals surface area (Å²) in [5.41, 5.74) is 4.52. The Kier molecular flexibility index (Phi) is 4.95. The van der Waals surface area contributed by atoms with Crippen LogP contribution in [-0.2, 0) is 14.3 Å². The largest absolute Gasteiger partial charge is 0.444 e. The van der Waals surface area contributed by atoms with E-state index in [1.54, 1.807) is 4.90 Å². The Morgan fingerprint density at radius 2 is 2.06 bits per heavy atom. The van der Waals surface area contributed by atoms with Gasteiger partial charge in [0.25, 0.3) is 0 Å². The number of hydrogen-bond donors (Lipinski definition) is 1. The Morgan fingerprint density at radius 3 is 2.50 bits per heavy atom. The van der Waals surface area contributed by atoms with Crippen LogP contribution in [0, 0.1) is 0 Å². The van der Waals surface area contributed by atoms with Gasteiger partial charge >= 0.3 is 6.09 Å². The number of carbonyl (C=O) groups excluding carboxylic acids is 2. The molecule has 6 heteroatoms. The van der Waals surface area contributed by atoms with Gasteiger partial charge in [-0.3, -0.25) is 4.79 Å². The van der Waals surface area contributed by atoms with Gasteiger partial charge < -0.3 is 20.1 Å². The first-order valence-corrected chi connectivity index (χ1v) is 6.15. The van der Waals surface area contributed by atoms with Crippen LogP contribution in [-0.4, -0.2) is 48.3 Å². The van der Waals surface area contributed by atoms with E-state index in [1.807, 2.05) is 20.8 Å². The average molecular weight is 258 g/mol. The van der Waals surface area contributed by atoms with Crippen LogP contribution in [0.2, 0.25) is 0 Å². The molecule has 0 saturated carbocycles. The first-order chi connectivity index (χ1) is 8.29. The summed E-state index contributed by atoms with van der Waals surface area (Å²) in [6, 6.07) is 0.0488. The van der Waals surface area contributed by atoms with Gasteiger partial charge in [-0.2, -0.15) is 0 Å². The maximum Gasteiger partial charge on any atom is 0.410 e. The van der Waals surface area contributed by atoms with Gasteiger partial charge in [0, 0.05) is 13.0 Å². The van der Waals surface area contributed by atoms with Crippen LogP contribution >= 0.6 is 0 Å². The van der Waals surface area contributed by atoms with Gasteiger partial charge in [-0.1, -0.05) is 0 Å². The monoisotopic (exact) mass is 258 g/mol. The van der Waals surface area contributed by atoms with Gasteiger partial charge in [-0.15, -0.1) is 0 Å². The molecule has 1 aliphatic heterocycles. The zero-order valence-electron chi connectivity index (χ0n) is 11.3. The molecule has 0 bridgehead atoms. The summed E-state index contributed by atoms with van der Waals surface area (Å²) in [6.45, 7) is 6.93. The summed E-state index contributed by atoms with van der Waals surface area (Å²) in [4.78, 5) is 23.9. The molecule has 0 aromatic heterocycles. The fraction of sp³-hybridized carbons (Fsp3) is 0.833. The molecule has 2 amide bonds. The number of primary amides is 1. The number of ether oxygens (including phenoxy) is 2. The number of hydrogen-bond acceptors (Lipinski definition) is 4. The molecule has 1 unspecified atom stereocenters. The van der Waals surface area contributed by atoms with Gasteiger partial charge in [0.05, 0.1) is 19.3 Å². The number of amides is 2. The minimum atomic E-state index is -0.482. The Bertz CT molecular complexity index is 312. The third-order valence-electron chi connectivity index (χ3n) is 2.58.